The van der Waals surface area contributed by atoms with Crippen LogP contribution < -0.4 is 14.8 Å². The summed E-state index contributed by atoms with van der Waals surface area (Å²) in [5, 5.41) is 12.1. The van der Waals surface area contributed by atoms with E-state index in [1.54, 1.807) is 55.5 Å². The standard InChI is InChI=1S/C27H24N2O5/c1-2-32-26(30)19-34-24-12-8-20(9-13-24)16-22(17-28)27(31)29-23-10-14-25(15-11-23)33-18-21-6-4-3-5-7-21/h3-16H,2,18-19H2,1H3,(H,29,31)/b22-16+. The van der Waals surface area contributed by atoms with E-state index in [9.17, 15) is 14.9 Å². The number of hydrogen-bond donors (Lipinski definition) is 1. The van der Waals surface area contributed by atoms with Gasteiger partial charge in [-0.05, 0) is 60.5 Å². The molecule has 0 aromatic heterocycles. The summed E-state index contributed by atoms with van der Waals surface area (Å²) < 4.78 is 15.9. The van der Waals surface area contributed by atoms with Gasteiger partial charge in [-0.25, -0.2) is 4.79 Å². The maximum atomic E-state index is 12.5. The molecular formula is C27H24N2O5. The molecule has 3 aromatic rings. The van der Waals surface area contributed by atoms with Crippen LogP contribution in [0.15, 0.2) is 84.4 Å². The van der Waals surface area contributed by atoms with Gasteiger partial charge in [0.25, 0.3) is 5.91 Å². The minimum absolute atomic E-state index is 0.0513. The van der Waals surface area contributed by atoms with E-state index in [0.717, 1.165) is 5.56 Å². The first-order chi connectivity index (χ1) is 16.6. The van der Waals surface area contributed by atoms with Crippen molar-refractivity contribution in [3.63, 3.8) is 0 Å². The summed E-state index contributed by atoms with van der Waals surface area (Å²) in [7, 11) is 0. The van der Waals surface area contributed by atoms with Crippen LogP contribution in [0.3, 0.4) is 0 Å². The van der Waals surface area contributed by atoms with E-state index in [-0.39, 0.29) is 18.8 Å². The number of amides is 1. The molecule has 0 aliphatic carbocycles. The van der Waals surface area contributed by atoms with Crippen molar-refractivity contribution in [2.45, 2.75) is 13.5 Å². The topological polar surface area (TPSA) is 97.7 Å². The monoisotopic (exact) mass is 456 g/mol. The minimum atomic E-state index is -0.525. The van der Waals surface area contributed by atoms with Gasteiger partial charge in [-0.15, -0.1) is 0 Å². The molecule has 0 atom stereocenters. The molecule has 0 saturated heterocycles. The summed E-state index contributed by atoms with van der Waals surface area (Å²) in [6.07, 6.45) is 1.47. The van der Waals surface area contributed by atoms with Crippen molar-refractivity contribution in [3.8, 4) is 17.6 Å². The molecule has 0 radical (unpaired) electrons. The fraction of sp³-hybridized carbons (Fsp3) is 0.148. The molecule has 3 rings (SSSR count). The van der Waals surface area contributed by atoms with Crippen molar-refractivity contribution in [1.82, 2.24) is 0 Å². The Bertz CT molecular complexity index is 1160. The molecule has 0 bridgehead atoms. The predicted molar refractivity (Wildman–Crippen MR) is 128 cm³/mol. The Hall–Kier alpha value is -4.57. The molecule has 1 amide bonds. The van der Waals surface area contributed by atoms with Crippen molar-refractivity contribution in [3.05, 3.63) is 95.6 Å². The molecule has 0 saturated carbocycles. The lowest BCUT2D eigenvalue weighted by molar-refractivity contribution is -0.145. The highest BCUT2D eigenvalue weighted by atomic mass is 16.6. The molecule has 172 valence electrons. The number of benzene rings is 3. The number of hydrogen-bond acceptors (Lipinski definition) is 6. The van der Waals surface area contributed by atoms with Gasteiger partial charge < -0.3 is 19.5 Å². The normalized spacial score (nSPS) is 10.6. The maximum Gasteiger partial charge on any atom is 0.344 e. The van der Waals surface area contributed by atoms with Gasteiger partial charge in [0.15, 0.2) is 6.61 Å². The highest BCUT2D eigenvalue weighted by molar-refractivity contribution is 6.09. The average Bonchev–Trinajstić information content (AvgIpc) is 2.87. The summed E-state index contributed by atoms with van der Waals surface area (Å²) in [5.74, 6) is 0.166. The molecule has 0 heterocycles. The lowest BCUT2D eigenvalue weighted by Crippen LogP contribution is -2.14. The van der Waals surface area contributed by atoms with Crippen LogP contribution in [0.5, 0.6) is 11.5 Å². The Morgan fingerprint density at radius 1 is 0.912 bits per heavy atom. The van der Waals surface area contributed by atoms with Crippen molar-refractivity contribution in [1.29, 1.82) is 5.26 Å². The summed E-state index contributed by atoms with van der Waals surface area (Å²) in [6.45, 7) is 2.27. The predicted octanol–water partition coefficient (Wildman–Crippen LogP) is 4.75. The zero-order valence-electron chi connectivity index (χ0n) is 18.7. The third kappa shape index (κ3) is 7.53. The van der Waals surface area contributed by atoms with Gasteiger partial charge in [0.1, 0.15) is 29.7 Å². The van der Waals surface area contributed by atoms with Crippen LogP contribution >= 0.6 is 0 Å². The molecular weight excluding hydrogens is 432 g/mol. The number of esters is 1. The second-order valence-corrected chi connectivity index (χ2v) is 7.09. The van der Waals surface area contributed by atoms with E-state index in [0.29, 0.717) is 29.4 Å². The van der Waals surface area contributed by atoms with Crippen LogP contribution in [-0.4, -0.2) is 25.1 Å². The molecule has 1 N–H and O–H groups in total. The first-order valence-corrected chi connectivity index (χ1v) is 10.7. The van der Waals surface area contributed by atoms with Crippen molar-refractivity contribution in [2.24, 2.45) is 0 Å². The fourth-order valence-electron chi connectivity index (χ4n) is 2.89. The Morgan fingerprint density at radius 3 is 2.21 bits per heavy atom. The number of carbonyl (C=O) groups is 2. The second kappa shape index (κ2) is 12.5. The van der Waals surface area contributed by atoms with Crippen LogP contribution in [0.1, 0.15) is 18.1 Å². The SMILES string of the molecule is CCOC(=O)COc1ccc(/C=C(\C#N)C(=O)Nc2ccc(OCc3ccccc3)cc2)cc1. The third-order valence-electron chi connectivity index (χ3n) is 4.58. The van der Waals surface area contributed by atoms with Crippen molar-refractivity contribution < 1.29 is 23.8 Å². The summed E-state index contributed by atoms with van der Waals surface area (Å²) in [5.41, 5.74) is 2.19. The summed E-state index contributed by atoms with van der Waals surface area (Å²) in [6, 6.07) is 25.3. The lowest BCUT2D eigenvalue weighted by atomic mass is 10.1. The largest absolute Gasteiger partial charge is 0.489 e. The van der Waals surface area contributed by atoms with Gasteiger partial charge in [-0.3, -0.25) is 4.79 Å². The highest BCUT2D eigenvalue weighted by Crippen LogP contribution is 2.19. The fourth-order valence-corrected chi connectivity index (χ4v) is 2.89. The van der Waals surface area contributed by atoms with E-state index < -0.39 is 11.9 Å². The quantitative estimate of drug-likeness (QED) is 0.269. The van der Waals surface area contributed by atoms with Gasteiger partial charge >= 0.3 is 5.97 Å². The van der Waals surface area contributed by atoms with E-state index >= 15 is 0 Å². The van der Waals surface area contributed by atoms with E-state index in [2.05, 4.69) is 5.32 Å². The van der Waals surface area contributed by atoms with Crippen molar-refractivity contribution >= 4 is 23.6 Å². The number of nitrogens with one attached hydrogen (secondary N) is 1. The Kier molecular flexibility index (Phi) is 8.83. The van der Waals surface area contributed by atoms with Crippen LogP contribution in [0.25, 0.3) is 6.08 Å². The van der Waals surface area contributed by atoms with Gasteiger partial charge in [-0.2, -0.15) is 5.26 Å². The third-order valence-corrected chi connectivity index (χ3v) is 4.58. The van der Waals surface area contributed by atoms with Gasteiger partial charge in [0.05, 0.1) is 6.61 Å². The van der Waals surface area contributed by atoms with Crippen molar-refractivity contribution in [2.75, 3.05) is 18.5 Å². The van der Waals surface area contributed by atoms with Crippen LogP contribution in [0.4, 0.5) is 5.69 Å². The smallest absolute Gasteiger partial charge is 0.344 e. The van der Waals surface area contributed by atoms with Gasteiger partial charge in [-0.1, -0.05) is 42.5 Å². The molecule has 0 fully saturated rings. The molecule has 0 spiro atoms. The number of ether oxygens (including phenoxy) is 3. The minimum Gasteiger partial charge on any atom is -0.489 e. The van der Waals surface area contributed by atoms with Gasteiger partial charge in [0.2, 0.25) is 0 Å². The number of anilines is 1. The molecule has 3 aromatic carbocycles. The summed E-state index contributed by atoms with van der Waals surface area (Å²) in [4.78, 5) is 23.9. The van der Waals surface area contributed by atoms with E-state index in [1.807, 2.05) is 36.4 Å². The first-order valence-electron chi connectivity index (χ1n) is 10.7. The van der Waals surface area contributed by atoms with Crippen LogP contribution in [0.2, 0.25) is 0 Å². The first kappa shape index (κ1) is 24.1. The summed E-state index contributed by atoms with van der Waals surface area (Å²) >= 11 is 0. The molecule has 0 unspecified atom stereocenters. The zero-order chi connectivity index (χ0) is 24.2. The molecule has 0 aliphatic rings. The Balaban J connectivity index is 1.55. The highest BCUT2D eigenvalue weighted by Gasteiger charge is 2.10. The number of rotatable bonds is 10. The average molecular weight is 456 g/mol. The van der Waals surface area contributed by atoms with E-state index in [1.165, 1.54) is 6.08 Å². The number of nitrogens with zero attached hydrogens (tertiary/aromatic N) is 1. The zero-order valence-corrected chi connectivity index (χ0v) is 18.7. The molecule has 34 heavy (non-hydrogen) atoms. The van der Waals surface area contributed by atoms with Gasteiger partial charge in [0, 0.05) is 5.69 Å². The van der Waals surface area contributed by atoms with E-state index in [4.69, 9.17) is 14.2 Å². The van der Waals surface area contributed by atoms with Crippen LogP contribution in [-0.2, 0) is 20.9 Å². The second-order valence-electron chi connectivity index (χ2n) is 7.09. The maximum absolute atomic E-state index is 12.5. The number of carbonyl (C=O) groups excluding carboxylic acids is 2. The lowest BCUT2D eigenvalue weighted by Gasteiger charge is -2.08. The van der Waals surface area contributed by atoms with Crippen LogP contribution in [0, 0.1) is 11.3 Å². The molecule has 7 heteroatoms. The number of nitriles is 1. The Morgan fingerprint density at radius 2 is 1.56 bits per heavy atom. The molecule has 7 nitrogen and oxygen atoms in total. The Labute approximate surface area is 198 Å². The molecule has 0 aliphatic heterocycles.